The molecule has 6 nitrogen and oxygen atoms in total. The summed E-state index contributed by atoms with van der Waals surface area (Å²) in [6.45, 7) is 3.66. The minimum atomic E-state index is -0.704. The van der Waals surface area contributed by atoms with Crippen LogP contribution >= 0.6 is 0 Å². The van der Waals surface area contributed by atoms with Gasteiger partial charge in [-0.3, -0.25) is 15.0 Å². The fourth-order valence-electron chi connectivity index (χ4n) is 1.28. The van der Waals surface area contributed by atoms with Crippen LogP contribution in [0.1, 0.15) is 0 Å². The van der Waals surface area contributed by atoms with E-state index in [-0.39, 0.29) is 12.5 Å². The van der Waals surface area contributed by atoms with Crippen LogP contribution in [0.5, 0.6) is 0 Å². The molecule has 0 aromatic rings. The van der Waals surface area contributed by atoms with Crippen LogP contribution in [0, 0.1) is 0 Å². The molecule has 2 amide bonds. The lowest BCUT2D eigenvalue weighted by molar-refractivity contribution is -0.121. The summed E-state index contributed by atoms with van der Waals surface area (Å²) >= 11 is 0. The Balaban J connectivity index is 2.21. The lowest BCUT2D eigenvalue weighted by Gasteiger charge is -2.26. The number of amides is 2. The van der Waals surface area contributed by atoms with E-state index in [4.69, 9.17) is 0 Å². The Morgan fingerprint density at radius 2 is 2.07 bits per heavy atom. The lowest BCUT2D eigenvalue weighted by atomic mass is 10.3. The van der Waals surface area contributed by atoms with Crippen molar-refractivity contribution in [3.63, 3.8) is 0 Å². The molecule has 1 heterocycles. The first-order chi connectivity index (χ1) is 6.72. The third kappa shape index (κ3) is 3.71. The molecular formula is C8H15N3O3. The van der Waals surface area contributed by atoms with E-state index in [0.29, 0.717) is 0 Å². The second-order valence-corrected chi connectivity index (χ2v) is 3.07. The van der Waals surface area contributed by atoms with E-state index in [1.54, 1.807) is 0 Å². The van der Waals surface area contributed by atoms with Gasteiger partial charge in [-0.2, -0.15) is 0 Å². The van der Waals surface area contributed by atoms with Crippen LogP contribution in [0.25, 0.3) is 0 Å². The Bertz CT molecular complexity index is 214. The summed E-state index contributed by atoms with van der Waals surface area (Å²) in [5, 5.41) is 5.29. The number of nitrogens with zero attached hydrogens (tertiary/aromatic N) is 1. The first kappa shape index (κ1) is 10.9. The monoisotopic (exact) mass is 201 g/mol. The minimum absolute atomic E-state index is 0.247. The first-order valence-electron chi connectivity index (χ1n) is 4.53. The molecular weight excluding hydrogens is 186 g/mol. The van der Waals surface area contributed by atoms with Gasteiger partial charge in [0.25, 0.3) is 0 Å². The van der Waals surface area contributed by atoms with Crippen LogP contribution in [0.15, 0.2) is 0 Å². The van der Waals surface area contributed by atoms with Crippen LogP contribution in [-0.2, 0) is 9.53 Å². The molecule has 0 radical (unpaired) electrons. The summed E-state index contributed by atoms with van der Waals surface area (Å²) in [7, 11) is 1.23. The molecule has 1 rings (SSSR count). The number of hydrogen-bond acceptors (Lipinski definition) is 5. The molecule has 0 saturated carbocycles. The summed E-state index contributed by atoms with van der Waals surface area (Å²) in [5.74, 6) is -0.321. The highest BCUT2D eigenvalue weighted by molar-refractivity contribution is 5.92. The van der Waals surface area contributed by atoms with Crippen molar-refractivity contribution in [1.82, 2.24) is 15.5 Å². The highest BCUT2D eigenvalue weighted by atomic mass is 16.5. The number of hydrogen-bond donors (Lipinski definition) is 2. The Morgan fingerprint density at radius 1 is 1.43 bits per heavy atom. The van der Waals surface area contributed by atoms with E-state index >= 15 is 0 Å². The maximum Gasteiger partial charge on any atom is 0.413 e. The number of nitrogens with one attached hydrogen (secondary N) is 2. The van der Waals surface area contributed by atoms with E-state index in [9.17, 15) is 9.59 Å². The van der Waals surface area contributed by atoms with E-state index in [2.05, 4.69) is 15.4 Å². The van der Waals surface area contributed by atoms with Crippen molar-refractivity contribution in [2.24, 2.45) is 0 Å². The van der Waals surface area contributed by atoms with Gasteiger partial charge in [-0.15, -0.1) is 0 Å². The molecule has 1 aliphatic heterocycles. The van der Waals surface area contributed by atoms with Gasteiger partial charge in [-0.05, 0) is 0 Å². The maximum atomic E-state index is 11.2. The van der Waals surface area contributed by atoms with Gasteiger partial charge in [0.1, 0.15) is 0 Å². The SMILES string of the molecule is COC(=O)NC(=O)CN1CCNCC1. The molecule has 14 heavy (non-hydrogen) atoms. The predicted octanol–water partition coefficient (Wildman–Crippen LogP) is -1.23. The van der Waals surface area contributed by atoms with Crippen LogP contribution in [0.2, 0.25) is 0 Å². The molecule has 0 spiro atoms. The zero-order valence-electron chi connectivity index (χ0n) is 8.21. The molecule has 1 fully saturated rings. The second kappa shape index (κ2) is 5.56. The summed E-state index contributed by atoms with van der Waals surface area (Å²) in [4.78, 5) is 23.9. The third-order valence-electron chi connectivity index (χ3n) is 2.00. The van der Waals surface area contributed by atoms with Gasteiger partial charge < -0.3 is 10.1 Å². The first-order valence-corrected chi connectivity index (χ1v) is 4.53. The van der Waals surface area contributed by atoms with Crippen molar-refractivity contribution >= 4 is 12.0 Å². The van der Waals surface area contributed by atoms with Crippen LogP contribution in [0.3, 0.4) is 0 Å². The standard InChI is InChI=1S/C8H15N3O3/c1-14-8(13)10-7(12)6-11-4-2-9-3-5-11/h9H,2-6H2,1H3,(H,10,12,13). The number of carbonyl (C=O) groups excluding carboxylic acids is 2. The quantitative estimate of drug-likeness (QED) is 0.585. The van der Waals surface area contributed by atoms with Crippen molar-refractivity contribution < 1.29 is 14.3 Å². The Hall–Kier alpha value is -1.14. The number of piperazine rings is 1. The molecule has 0 aliphatic carbocycles. The van der Waals surface area contributed by atoms with Gasteiger partial charge in [0.2, 0.25) is 5.91 Å². The second-order valence-electron chi connectivity index (χ2n) is 3.07. The molecule has 0 atom stereocenters. The highest BCUT2D eigenvalue weighted by Crippen LogP contribution is 1.90. The van der Waals surface area contributed by atoms with Gasteiger partial charge in [0.15, 0.2) is 0 Å². The van der Waals surface area contributed by atoms with E-state index in [0.717, 1.165) is 26.2 Å². The number of alkyl carbamates (subject to hydrolysis) is 1. The van der Waals surface area contributed by atoms with Crippen molar-refractivity contribution in [2.45, 2.75) is 0 Å². The average molecular weight is 201 g/mol. The Morgan fingerprint density at radius 3 is 2.64 bits per heavy atom. The number of carbonyl (C=O) groups is 2. The largest absolute Gasteiger partial charge is 0.453 e. The van der Waals surface area contributed by atoms with Crippen LogP contribution < -0.4 is 10.6 Å². The summed E-state index contributed by atoms with van der Waals surface area (Å²) < 4.78 is 4.31. The molecule has 0 bridgehead atoms. The smallest absolute Gasteiger partial charge is 0.413 e. The van der Waals surface area contributed by atoms with Gasteiger partial charge >= 0.3 is 6.09 Å². The molecule has 1 saturated heterocycles. The molecule has 2 N–H and O–H groups in total. The number of imide groups is 1. The Kier molecular flexibility index (Phi) is 4.34. The number of rotatable bonds is 2. The number of methoxy groups -OCH3 is 1. The maximum absolute atomic E-state index is 11.2. The molecule has 0 aromatic heterocycles. The van der Waals surface area contributed by atoms with Gasteiger partial charge in [-0.25, -0.2) is 4.79 Å². The molecule has 0 aromatic carbocycles. The van der Waals surface area contributed by atoms with Gasteiger partial charge in [0.05, 0.1) is 13.7 Å². The minimum Gasteiger partial charge on any atom is -0.453 e. The van der Waals surface area contributed by atoms with E-state index < -0.39 is 6.09 Å². The highest BCUT2D eigenvalue weighted by Gasteiger charge is 2.14. The van der Waals surface area contributed by atoms with E-state index in [1.807, 2.05) is 4.90 Å². The lowest BCUT2D eigenvalue weighted by Crippen LogP contribution is -2.48. The zero-order chi connectivity index (χ0) is 10.4. The van der Waals surface area contributed by atoms with Gasteiger partial charge in [-0.1, -0.05) is 0 Å². The van der Waals surface area contributed by atoms with Crippen molar-refractivity contribution in [3.05, 3.63) is 0 Å². The van der Waals surface area contributed by atoms with Crippen LogP contribution in [-0.4, -0.2) is 56.7 Å². The average Bonchev–Trinajstić information content (AvgIpc) is 2.19. The predicted molar refractivity (Wildman–Crippen MR) is 49.9 cm³/mol. The van der Waals surface area contributed by atoms with Gasteiger partial charge in [0, 0.05) is 26.2 Å². The van der Waals surface area contributed by atoms with Crippen molar-refractivity contribution in [3.8, 4) is 0 Å². The number of ether oxygens (including phenoxy) is 1. The summed E-state index contributed by atoms with van der Waals surface area (Å²) in [5.41, 5.74) is 0. The van der Waals surface area contributed by atoms with Crippen molar-refractivity contribution in [1.29, 1.82) is 0 Å². The normalized spacial score (nSPS) is 17.5. The summed E-state index contributed by atoms with van der Waals surface area (Å²) in [6.07, 6.45) is -0.704. The topological polar surface area (TPSA) is 70.7 Å². The molecule has 6 heteroatoms. The third-order valence-corrected chi connectivity index (χ3v) is 2.00. The fourth-order valence-corrected chi connectivity index (χ4v) is 1.28. The summed E-state index contributed by atoms with van der Waals surface area (Å²) in [6, 6.07) is 0. The fraction of sp³-hybridized carbons (Fsp3) is 0.750. The zero-order valence-corrected chi connectivity index (χ0v) is 8.21. The Labute approximate surface area is 82.6 Å². The van der Waals surface area contributed by atoms with Crippen LogP contribution in [0.4, 0.5) is 4.79 Å². The van der Waals surface area contributed by atoms with Crippen molar-refractivity contribution in [2.75, 3.05) is 39.8 Å². The van der Waals surface area contributed by atoms with E-state index in [1.165, 1.54) is 7.11 Å². The molecule has 1 aliphatic rings. The molecule has 80 valence electrons. The molecule has 0 unspecified atom stereocenters.